The Balaban J connectivity index is 2.20. The van der Waals surface area contributed by atoms with Gasteiger partial charge in [0, 0.05) is 6.54 Å². The molecule has 0 saturated carbocycles. The average Bonchev–Trinajstić information content (AvgIpc) is 2.90. The summed E-state index contributed by atoms with van der Waals surface area (Å²) in [5, 5.41) is 6.61. The molecule has 1 aromatic heterocycles. The van der Waals surface area contributed by atoms with E-state index in [0.717, 1.165) is 0 Å². The standard InChI is InChI=1S/C11H15N5O3S/c1-2-15-20(17,18)8-3-4-9(12)10(5-8)13-6-11-14-7-19-16-11/h3-5,7,13,15H,2,6,12H2,1H3. The molecule has 0 aliphatic rings. The summed E-state index contributed by atoms with van der Waals surface area (Å²) in [4.78, 5) is 3.99. The van der Waals surface area contributed by atoms with Crippen molar-refractivity contribution < 1.29 is 12.9 Å². The van der Waals surface area contributed by atoms with Crippen molar-refractivity contribution in [1.29, 1.82) is 0 Å². The first-order chi connectivity index (χ1) is 9.53. The maximum Gasteiger partial charge on any atom is 0.240 e. The van der Waals surface area contributed by atoms with Gasteiger partial charge in [0.25, 0.3) is 0 Å². The van der Waals surface area contributed by atoms with Gasteiger partial charge in [-0.3, -0.25) is 0 Å². The molecule has 0 aliphatic carbocycles. The van der Waals surface area contributed by atoms with Crippen LogP contribution in [0.1, 0.15) is 12.7 Å². The van der Waals surface area contributed by atoms with E-state index < -0.39 is 10.0 Å². The number of anilines is 2. The van der Waals surface area contributed by atoms with E-state index in [-0.39, 0.29) is 11.4 Å². The van der Waals surface area contributed by atoms with Crippen molar-refractivity contribution in [1.82, 2.24) is 14.9 Å². The summed E-state index contributed by atoms with van der Waals surface area (Å²) in [7, 11) is -3.52. The number of sulfonamides is 1. The van der Waals surface area contributed by atoms with E-state index in [2.05, 4.69) is 24.7 Å². The van der Waals surface area contributed by atoms with Crippen LogP contribution in [0.3, 0.4) is 0 Å². The smallest absolute Gasteiger partial charge is 0.240 e. The molecule has 0 atom stereocenters. The molecule has 8 nitrogen and oxygen atoms in total. The van der Waals surface area contributed by atoms with Crippen molar-refractivity contribution in [2.45, 2.75) is 18.4 Å². The molecule has 0 bridgehead atoms. The van der Waals surface area contributed by atoms with Crippen LogP contribution in [0, 0.1) is 0 Å². The van der Waals surface area contributed by atoms with Gasteiger partial charge in [-0.2, -0.15) is 4.98 Å². The third-order valence-electron chi connectivity index (χ3n) is 2.51. The Hall–Kier alpha value is -2.13. The molecule has 0 amide bonds. The van der Waals surface area contributed by atoms with Crippen LogP contribution in [0.4, 0.5) is 11.4 Å². The average molecular weight is 297 g/mol. The Morgan fingerprint density at radius 1 is 1.40 bits per heavy atom. The maximum absolute atomic E-state index is 11.9. The van der Waals surface area contributed by atoms with Crippen LogP contribution in [0.5, 0.6) is 0 Å². The number of hydrogen-bond donors (Lipinski definition) is 3. The van der Waals surface area contributed by atoms with Crippen LogP contribution >= 0.6 is 0 Å². The number of nitrogen functional groups attached to an aromatic ring is 1. The van der Waals surface area contributed by atoms with Crippen LogP contribution in [0.2, 0.25) is 0 Å². The lowest BCUT2D eigenvalue weighted by Gasteiger charge is -2.10. The van der Waals surface area contributed by atoms with E-state index in [9.17, 15) is 8.42 Å². The van der Waals surface area contributed by atoms with E-state index in [1.807, 2.05) is 0 Å². The molecule has 108 valence electrons. The Morgan fingerprint density at radius 2 is 2.20 bits per heavy atom. The molecule has 0 spiro atoms. The van der Waals surface area contributed by atoms with Gasteiger partial charge in [-0.1, -0.05) is 12.1 Å². The lowest BCUT2D eigenvalue weighted by Crippen LogP contribution is -2.23. The molecule has 2 rings (SSSR count). The van der Waals surface area contributed by atoms with Crippen LogP contribution in [0.15, 0.2) is 34.0 Å². The summed E-state index contributed by atoms with van der Waals surface area (Å²) >= 11 is 0. The monoisotopic (exact) mass is 297 g/mol. The fourth-order valence-electron chi connectivity index (χ4n) is 1.57. The lowest BCUT2D eigenvalue weighted by molar-refractivity contribution is 0.411. The third kappa shape index (κ3) is 3.25. The number of rotatable bonds is 6. The zero-order valence-corrected chi connectivity index (χ0v) is 11.6. The predicted molar refractivity (Wildman–Crippen MR) is 73.3 cm³/mol. The highest BCUT2D eigenvalue weighted by Crippen LogP contribution is 2.23. The molecule has 0 fully saturated rings. The first-order valence-corrected chi connectivity index (χ1v) is 7.39. The van der Waals surface area contributed by atoms with E-state index in [1.54, 1.807) is 6.92 Å². The van der Waals surface area contributed by atoms with Gasteiger partial charge in [0.1, 0.15) is 0 Å². The van der Waals surface area contributed by atoms with Gasteiger partial charge in [-0.25, -0.2) is 13.1 Å². The van der Waals surface area contributed by atoms with Gasteiger partial charge in [-0.05, 0) is 18.2 Å². The molecule has 1 heterocycles. The summed E-state index contributed by atoms with van der Waals surface area (Å²) in [5.74, 6) is 0.448. The molecular weight excluding hydrogens is 282 g/mol. The van der Waals surface area contributed by atoms with Crippen molar-refractivity contribution in [2.24, 2.45) is 0 Å². The Morgan fingerprint density at radius 3 is 2.85 bits per heavy atom. The summed E-state index contributed by atoms with van der Waals surface area (Å²) in [6.45, 7) is 2.31. The first kappa shape index (κ1) is 14.3. The minimum Gasteiger partial charge on any atom is -0.397 e. The Bertz CT molecular complexity index is 669. The van der Waals surface area contributed by atoms with Crippen molar-refractivity contribution >= 4 is 21.4 Å². The Labute approximate surface area is 116 Å². The van der Waals surface area contributed by atoms with Gasteiger partial charge in [0.15, 0.2) is 5.82 Å². The number of nitrogens with two attached hydrogens (primary N) is 1. The minimum absolute atomic E-state index is 0.143. The van der Waals surface area contributed by atoms with Crippen molar-refractivity contribution in [3.05, 3.63) is 30.4 Å². The molecule has 0 saturated heterocycles. The highest BCUT2D eigenvalue weighted by molar-refractivity contribution is 7.89. The highest BCUT2D eigenvalue weighted by atomic mass is 32.2. The van der Waals surface area contributed by atoms with E-state index in [1.165, 1.54) is 24.6 Å². The van der Waals surface area contributed by atoms with Crippen LogP contribution < -0.4 is 15.8 Å². The normalized spacial score (nSPS) is 11.4. The summed E-state index contributed by atoms with van der Waals surface area (Å²) in [6, 6.07) is 4.45. The zero-order chi connectivity index (χ0) is 14.6. The van der Waals surface area contributed by atoms with Crippen molar-refractivity contribution in [3.8, 4) is 0 Å². The SMILES string of the molecule is CCNS(=O)(=O)c1ccc(N)c(NCc2ncon2)c1. The topological polar surface area (TPSA) is 123 Å². The molecule has 2 aromatic rings. The van der Waals surface area contributed by atoms with Gasteiger partial charge in [0.2, 0.25) is 16.4 Å². The van der Waals surface area contributed by atoms with Gasteiger partial charge >= 0.3 is 0 Å². The molecule has 9 heteroatoms. The molecule has 0 radical (unpaired) electrons. The fraction of sp³-hybridized carbons (Fsp3) is 0.273. The molecule has 0 unspecified atom stereocenters. The van der Waals surface area contributed by atoms with Crippen molar-refractivity contribution in [2.75, 3.05) is 17.6 Å². The Kier molecular flexibility index (Phi) is 4.20. The third-order valence-corrected chi connectivity index (χ3v) is 4.06. The highest BCUT2D eigenvalue weighted by Gasteiger charge is 2.14. The lowest BCUT2D eigenvalue weighted by atomic mass is 10.2. The number of hydrogen-bond acceptors (Lipinski definition) is 7. The predicted octanol–water partition coefficient (Wildman–Crippen LogP) is 0.562. The first-order valence-electron chi connectivity index (χ1n) is 5.91. The van der Waals surface area contributed by atoms with Crippen LogP contribution in [-0.4, -0.2) is 25.1 Å². The second kappa shape index (κ2) is 5.88. The van der Waals surface area contributed by atoms with Crippen molar-refractivity contribution in [3.63, 3.8) is 0 Å². The number of nitrogens with one attached hydrogen (secondary N) is 2. The second-order valence-corrected chi connectivity index (χ2v) is 5.72. The van der Waals surface area contributed by atoms with Crippen LogP contribution in [-0.2, 0) is 16.6 Å². The zero-order valence-electron chi connectivity index (χ0n) is 10.8. The largest absolute Gasteiger partial charge is 0.397 e. The second-order valence-electron chi connectivity index (χ2n) is 3.95. The van der Waals surface area contributed by atoms with E-state index >= 15 is 0 Å². The summed E-state index contributed by atoms with van der Waals surface area (Å²) < 4.78 is 30.8. The number of nitrogens with zero attached hydrogens (tertiary/aromatic N) is 2. The number of aromatic nitrogens is 2. The van der Waals surface area contributed by atoms with Crippen LogP contribution in [0.25, 0.3) is 0 Å². The summed E-state index contributed by atoms with van der Waals surface area (Å²) in [5.41, 5.74) is 6.73. The number of benzene rings is 1. The molecular formula is C11H15N5O3S. The molecule has 0 aliphatic heterocycles. The quantitative estimate of drug-likeness (QED) is 0.666. The minimum atomic E-state index is -3.52. The van der Waals surface area contributed by atoms with Gasteiger partial charge in [-0.15, -0.1) is 0 Å². The molecule has 4 N–H and O–H groups in total. The van der Waals surface area contributed by atoms with E-state index in [0.29, 0.717) is 23.7 Å². The van der Waals surface area contributed by atoms with E-state index in [4.69, 9.17) is 5.73 Å². The van der Waals surface area contributed by atoms with Gasteiger partial charge in [0.05, 0.1) is 22.8 Å². The molecule has 1 aromatic carbocycles. The van der Waals surface area contributed by atoms with Gasteiger partial charge < -0.3 is 15.6 Å². The fourth-order valence-corrected chi connectivity index (χ4v) is 2.64. The summed E-state index contributed by atoms with van der Waals surface area (Å²) in [6.07, 6.45) is 1.21. The maximum atomic E-state index is 11.9. The molecule has 20 heavy (non-hydrogen) atoms.